The van der Waals surface area contributed by atoms with Crippen molar-refractivity contribution < 1.29 is 79.7 Å². The lowest BCUT2D eigenvalue weighted by molar-refractivity contribution is -0.126. The lowest BCUT2D eigenvalue weighted by Gasteiger charge is -2.21. The van der Waals surface area contributed by atoms with Crippen LogP contribution in [0.1, 0.15) is 28.6 Å². The second-order valence-electron chi connectivity index (χ2n) is 11.8. The molecule has 8 N–H and O–H groups in total. The van der Waals surface area contributed by atoms with Gasteiger partial charge in [-0.15, -0.1) is 0 Å². The van der Waals surface area contributed by atoms with Crippen molar-refractivity contribution in [3.8, 4) is 17.6 Å². The highest BCUT2D eigenvalue weighted by Crippen LogP contribution is 2.66. The van der Waals surface area contributed by atoms with Crippen molar-refractivity contribution in [2.45, 2.75) is 31.1 Å². The van der Waals surface area contributed by atoms with E-state index in [4.69, 9.17) is 54.8 Å². The lowest BCUT2D eigenvalue weighted by Crippen LogP contribution is -2.29. The third-order valence-electron chi connectivity index (χ3n) is 7.62. The molecule has 0 bridgehead atoms. The van der Waals surface area contributed by atoms with Gasteiger partial charge in [0, 0.05) is 35.1 Å². The van der Waals surface area contributed by atoms with Crippen molar-refractivity contribution in [1.82, 2.24) is 25.2 Å². The largest absolute Gasteiger partial charge is 0.491 e. The molecule has 0 radical (unpaired) electrons. The SMILES string of the molecule is CNC(=O)c1cccc(OCC(N=[N+]=[N-])OCCOCC(=O)NCC#Cc2cn([C@H]3CC(OCN=[N+]=[N-])[C@@H](COP(=O)(O)OP(=O)(O)OP(=O)(O)O)O3)c3ncnc(N)c23)c1. The number of nitrogens with one attached hydrogen (secondary N) is 2. The van der Waals surface area contributed by atoms with Gasteiger partial charge in [-0.3, -0.25) is 14.1 Å². The summed E-state index contributed by atoms with van der Waals surface area (Å²) in [5.74, 6) is 5.17. The van der Waals surface area contributed by atoms with Gasteiger partial charge in [-0.1, -0.05) is 28.1 Å². The Balaban J connectivity index is 1.32. The van der Waals surface area contributed by atoms with Crippen molar-refractivity contribution in [3.63, 3.8) is 0 Å². The first-order valence-corrected chi connectivity index (χ1v) is 21.6. The number of phosphoric ester groups is 1. The minimum atomic E-state index is -5.80. The summed E-state index contributed by atoms with van der Waals surface area (Å²) in [4.78, 5) is 74.7. The number of nitrogens with zero attached hydrogens (tertiary/aromatic N) is 9. The summed E-state index contributed by atoms with van der Waals surface area (Å²) in [5.41, 5.74) is 24.6. The summed E-state index contributed by atoms with van der Waals surface area (Å²) in [6, 6.07) is 6.34. The number of amides is 2. The van der Waals surface area contributed by atoms with Crippen molar-refractivity contribution in [2.75, 3.05) is 59.1 Å². The summed E-state index contributed by atoms with van der Waals surface area (Å²) in [5, 5.41) is 12.1. The molecule has 1 saturated heterocycles. The van der Waals surface area contributed by atoms with Crippen molar-refractivity contribution >= 4 is 52.1 Å². The number of hydrogen-bond acceptors (Lipinski definition) is 18. The van der Waals surface area contributed by atoms with Gasteiger partial charge in [-0.2, -0.15) is 8.62 Å². The molecule has 2 aromatic heterocycles. The number of fused-ring (bicyclic) bond motifs is 1. The highest BCUT2D eigenvalue weighted by atomic mass is 31.3. The Hall–Kier alpha value is -5.19. The molecule has 1 aliphatic heterocycles. The topological polar surface area (TPSA) is 418 Å². The quantitative estimate of drug-likeness (QED) is 0.0178. The van der Waals surface area contributed by atoms with E-state index in [1.807, 2.05) is 0 Å². The summed E-state index contributed by atoms with van der Waals surface area (Å²) in [6.07, 6.45) is -1.69. The number of anilines is 1. The van der Waals surface area contributed by atoms with Gasteiger partial charge in [-0.05, 0) is 29.3 Å². The average molecular weight is 919 g/mol. The molecule has 0 saturated carbocycles. The number of carbonyl (C=O) groups is 2. The van der Waals surface area contributed by atoms with Crippen molar-refractivity contribution in [2.24, 2.45) is 10.2 Å². The molecule has 29 nitrogen and oxygen atoms in total. The zero-order valence-electron chi connectivity index (χ0n) is 31.5. The standard InChI is InChI=1S/C29H37N12O17P3/c1-33-29(43)18-4-2-6-20(10-18)53-15-24(38-40-32)52-9-8-51-14-23(42)34-7-3-5-19-12-41(28-26(19)27(30)35-16-36-28)25-11-21(54-17-37-39-31)22(56-25)13-55-60(47,48)58-61(49,50)57-59(44,45)46/h2,4,6,10,12,16,21-22,24-25H,7-9,11,13-15,17H2,1H3,(H,33,43)(H,34,42)(H,47,48)(H,49,50)(H2,30,35,36)(H2,44,45,46)/t21?,22-,24?,25-/m1/s1. The fraction of sp³-hybridized carbons (Fsp3) is 0.448. The van der Waals surface area contributed by atoms with Gasteiger partial charge in [0.05, 0.1) is 43.4 Å². The summed E-state index contributed by atoms with van der Waals surface area (Å²) in [6.45, 7) is -2.19. The van der Waals surface area contributed by atoms with Gasteiger partial charge in [0.15, 0.2) is 6.23 Å². The van der Waals surface area contributed by atoms with E-state index in [9.17, 15) is 33.1 Å². The smallest absolute Gasteiger partial charge is 0.490 e. The van der Waals surface area contributed by atoms with Crippen LogP contribution >= 0.6 is 23.5 Å². The van der Waals surface area contributed by atoms with Crippen molar-refractivity contribution in [3.05, 3.63) is 68.8 Å². The first-order chi connectivity index (χ1) is 28.9. The van der Waals surface area contributed by atoms with Gasteiger partial charge in [-0.25, -0.2) is 23.7 Å². The zero-order valence-corrected chi connectivity index (χ0v) is 34.2. The Bertz CT molecular complexity index is 2340. The molecule has 32 heteroatoms. The number of nitrogens with two attached hydrogens (primary N) is 1. The average Bonchev–Trinajstić information content (AvgIpc) is 3.77. The van der Waals surface area contributed by atoms with Crippen molar-refractivity contribution in [1.29, 1.82) is 0 Å². The van der Waals surface area contributed by atoms with Gasteiger partial charge in [0.2, 0.25) is 5.91 Å². The molecular weight excluding hydrogens is 881 g/mol. The van der Waals surface area contributed by atoms with Gasteiger partial charge < -0.3 is 64.2 Å². The summed E-state index contributed by atoms with van der Waals surface area (Å²) < 4.78 is 76.5. The predicted molar refractivity (Wildman–Crippen MR) is 204 cm³/mol. The molecular formula is C29H37N12O17P3. The number of nitrogen functional groups attached to an aromatic ring is 1. The Morgan fingerprint density at radius 2 is 1.92 bits per heavy atom. The molecule has 1 fully saturated rings. The molecule has 3 heterocycles. The van der Waals surface area contributed by atoms with Crippen LogP contribution in [0.5, 0.6) is 5.75 Å². The van der Waals surface area contributed by atoms with E-state index in [2.05, 4.69) is 61.1 Å². The number of carbonyl (C=O) groups excluding carboxylic acids is 2. The minimum Gasteiger partial charge on any atom is -0.491 e. The monoisotopic (exact) mass is 918 g/mol. The van der Waals surface area contributed by atoms with E-state index in [-0.39, 0.29) is 56.8 Å². The van der Waals surface area contributed by atoms with E-state index in [0.717, 1.165) is 6.33 Å². The molecule has 1 aliphatic rings. The zero-order chi connectivity index (χ0) is 44.6. The van der Waals surface area contributed by atoms with Crippen LogP contribution in [0.25, 0.3) is 31.9 Å². The van der Waals surface area contributed by atoms with E-state index in [0.29, 0.717) is 22.3 Å². The van der Waals surface area contributed by atoms with Crippen LogP contribution in [0.3, 0.4) is 0 Å². The van der Waals surface area contributed by atoms with E-state index < -0.39 is 67.4 Å². The highest BCUT2D eigenvalue weighted by Gasteiger charge is 2.43. The Kier molecular flexibility index (Phi) is 18.0. The number of hydrogen-bond donors (Lipinski definition) is 7. The van der Waals surface area contributed by atoms with E-state index in [1.54, 1.807) is 18.2 Å². The molecule has 4 unspecified atom stereocenters. The summed E-state index contributed by atoms with van der Waals surface area (Å²) >= 11 is 0. The first kappa shape index (κ1) is 48.5. The minimum absolute atomic E-state index is 0.0237. The highest BCUT2D eigenvalue weighted by molar-refractivity contribution is 7.66. The number of benzene rings is 1. The second kappa shape index (κ2) is 22.6. The molecule has 2 amide bonds. The fourth-order valence-corrected chi connectivity index (χ4v) is 8.23. The third-order valence-corrected chi connectivity index (χ3v) is 11.4. The molecule has 0 aliphatic carbocycles. The van der Waals surface area contributed by atoms with E-state index in [1.165, 1.54) is 23.9 Å². The molecule has 3 aromatic rings. The van der Waals surface area contributed by atoms with Crippen LogP contribution < -0.4 is 21.1 Å². The number of ether oxygens (including phenoxy) is 5. The molecule has 61 heavy (non-hydrogen) atoms. The summed E-state index contributed by atoms with van der Waals surface area (Å²) in [7, 11) is -15.5. The maximum Gasteiger partial charge on any atom is 0.490 e. The molecule has 0 spiro atoms. The Morgan fingerprint density at radius 1 is 1.13 bits per heavy atom. The fourth-order valence-electron chi connectivity index (χ4n) is 5.20. The number of azide groups is 2. The molecule has 4 rings (SSSR count). The Labute approximate surface area is 343 Å². The lowest BCUT2D eigenvalue weighted by atomic mass is 10.2. The van der Waals surface area contributed by atoms with Crippen LogP contribution in [-0.2, 0) is 50.6 Å². The van der Waals surface area contributed by atoms with Crippen LogP contribution in [-0.4, -0.2) is 118 Å². The Morgan fingerprint density at radius 3 is 2.64 bits per heavy atom. The van der Waals surface area contributed by atoms with Gasteiger partial charge >= 0.3 is 23.5 Å². The molecule has 330 valence electrons. The second-order valence-corrected chi connectivity index (χ2v) is 16.2. The number of rotatable bonds is 23. The molecule has 6 atom stereocenters. The van der Waals surface area contributed by atoms with Crippen LogP contribution in [0.4, 0.5) is 5.82 Å². The number of aromatic nitrogens is 3. The molecule has 1 aromatic carbocycles. The predicted octanol–water partition coefficient (Wildman–Crippen LogP) is 1.87. The van der Waals surface area contributed by atoms with E-state index >= 15 is 0 Å². The number of phosphoric acid groups is 3. The van der Waals surface area contributed by atoms with Crippen LogP contribution in [0.2, 0.25) is 0 Å². The van der Waals surface area contributed by atoms with Gasteiger partial charge in [0.1, 0.15) is 55.8 Å². The van der Waals surface area contributed by atoms with Crippen LogP contribution in [0.15, 0.2) is 47.0 Å². The van der Waals surface area contributed by atoms with Crippen LogP contribution in [0, 0.1) is 11.8 Å². The third kappa shape index (κ3) is 15.7. The maximum atomic E-state index is 12.4. The van der Waals surface area contributed by atoms with Gasteiger partial charge in [0.25, 0.3) is 5.91 Å². The first-order valence-electron chi connectivity index (χ1n) is 17.1. The maximum absolute atomic E-state index is 12.4. The normalized spacial score (nSPS) is 18.6.